The molecule has 3 heteroatoms. The maximum absolute atomic E-state index is 6.07. The highest BCUT2D eigenvalue weighted by Crippen LogP contribution is 2.30. The van der Waals surface area contributed by atoms with Gasteiger partial charge in [0, 0.05) is 6.04 Å². The molecule has 1 aromatic rings. The lowest BCUT2D eigenvalue weighted by Gasteiger charge is -2.23. The van der Waals surface area contributed by atoms with Crippen molar-refractivity contribution in [1.82, 2.24) is 0 Å². The van der Waals surface area contributed by atoms with Crippen molar-refractivity contribution in [3.05, 3.63) is 28.2 Å². The molecule has 0 radical (unpaired) electrons. The van der Waals surface area contributed by atoms with Gasteiger partial charge in [0.2, 0.25) is 0 Å². The van der Waals surface area contributed by atoms with Gasteiger partial charge in [-0.3, -0.25) is 0 Å². The topological polar surface area (TPSA) is 35.2 Å². The number of benzene rings is 1. The standard InChI is InChI=1S/C15H22BrNO/c1-11(17)9-12-7-8-15(14(16)10-12)18-13-5-3-2-4-6-13/h7-8,10-11,13H,2-6,9,17H2,1H3. The Kier molecular flexibility index (Phi) is 5.07. The largest absolute Gasteiger partial charge is 0.489 e. The first-order valence-electron chi connectivity index (χ1n) is 6.86. The molecule has 1 fully saturated rings. The molecule has 0 spiro atoms. The van der Waals surface area contributed by atoms with Gasteiger partial charge in [-0.05, 0) is 72.7 Å². The summed E-state index contributed by atoms with van der Waals surface area (Å²) in [6.45, 7) is 2.03. The fraction of sp³-hybridized carbons (Fsp3) is 0.600. The minimum Gasteiger partial charge on any atom is -0.489 e. The minimum atomic E-state index is 0.196. The molecule has 1 aromatic carbocycles. The molecule has 1 aliphatic carbocycles. The smallest absolute Gasteiger partial charge is 0.133 e. The molecule has 1 atom stereocenters. The minimum absolute atomic E-state index is 0.196. The van der Waals surface area contributed by atoms with Gasteiger partial charge in [0.1, 0.15) is 5.75 Å². The number of halogens is 1. The van der Waals surface area contributed by atoms with Crippen molar-refractivity contribution in [2.45, 2.75) is 57.6 Å². The number of nitrogens with two attached hydrogens (primary N) is 1. The van der Waals surface area contributed by atoms with Crippen molar-refractivity contribution >= 4 is 15.9 Å². The Hall–Kier alpha value is -0.540. The molecule has 1 aliphatic rings. The van der Waals surface area contributed by atoms with Crippen LogP contribution in [0.15, 0.2) is 22.7 Å². The average Bonchev–Trinajstić information content (AvgIpc) is 2.33. The highest BCUT2D eigenvalue weighted by molar-refractivity contribution is 9.10. The van der Waals surface area contributed by atoms with E-state index in [2.05, 4.69) is 34.1 Å². The van der Waals surface area contributed by atoms with E-state index in [0.717, 1.165) is 16.6 Å². The first-order valence-corrected chi connectivity index (χ1v) is 7.65. The van der Waals surface area contributed by atoms with Crippen LogP contribution in [0.25, 0.3) is 0 Å². The molecular weight excluding hydrogens is 290 g/mol. The van der Waals surface area contributed by atoms with E-state index in [9.17, 15) is 0 Å². The molecule has 18 heavy (non-hydrogen) atoms. The molecule has 0 saturated heterocycles. The lowest BCUT2D eigenvalue weighted by Crippen LogP contribution is -2.20. The molecule has 0 heterocycles. The molecule has 2 N–H and O–H groups in total. The molecule has 0 aliphatic heterocycles. The zero-order chi connectivity index (χ0) is 13.0. The van der Waals surface area contributed by atoms with Gasteiger partial charge in [-0.15, -0.1) is 0 Å². The SMILES string of the molecule is CC(N)Cc1ccc(OC2CCCCC2)c(Br)c1. The molecule has 100 valence electrons. The third-order valence-corrected chi connectivity index (χ3v) is 4.02. The Morgan fingerprint density at radius 2 is 2.06 bits per heavy atom. The molecule has 2 nitrogen and oxygen atoms in total. The summed E-state index contributed by atoms with van der Waals surface area (Å²) in [6, 6.07) is 6.51. The van der Waals surface area contributed by atoms with Crippen molar-refractivity contribution < 1.29 is 4.74 Å². The monoisotopic (exact) mass is 311 g/mol. The van der Waals surface area contributed by atoms with E-state index in [1.807, 2.05) is 6.92 Å². The van der Waals surface area contributed by atoms with Gasteiger partial charge in [0.05, 0.1) is 10.6 Å². The Bertz CT molecular complexity index is 386. The van der Waals surface area contributed by atoms with Crippen molar-refractivity contribution in [3.8, 4) is 5.75 Å². The van der Waals surface area contributed by atoms with E-state index in [0.29, 0.717) is 6.10 Å². The highest BCUT2D eigenvalue weighted by Gasteiger charge is 2.16. The number of hydrogen-bond acceptors (Lipinski definition) is 2. The Labute approximate surface area is 118 Å². The molecule has 1 saturated carbocycles. The summed E-state index contributed by atoms with van der Waals surface area (Å²) in [5.74, 6) is 0.968. The zero-order valence-corrected chi connectivity index (χ0v) is 12.6. The van der Waals surface area contributed by atoms with Crippen LogP contribution in [0.5, 0.6) is 5.75 Å². The quantitative estimate of drug-likeness (QED) is 0.910. The molecule has 0 bridgehead atoms. The first kappa shape index (κ1) is 13.9. The Morgan fingerprint density at radius 1 is 1.33 bits per heavy atom. The summed E-state index contributed by atoms with van der Waals surface area (Å²) >= 11 is 3.60. The van der Waals surface area contributed by atoms with E-state index in [1.54, 1.807) is 0 Å². The number of hydrogen-bond donors (Lipinski definition) is 1. The highest BCUT2D eigenvalue weighted by atomic mass is 79.9. The van der Waals surface area contributed by atoms with Crippen LogP contribution in [0.2, 0.25) is 0 Å². The van der Waals surface area contributed by atoms with Crippen LogP contribution in [0.4, 0.5) is 0 Å². The van der Waals surface area contributed by atoms with Crippen LogP contribution in [-0.2, 0) is 6.42 Å². The van der Waals surface area contributed by atoms with Crippen LogP contribution in [0.1, 0.15) is 44.6 Å². The summed E-state index contributed by atoms with van der Waals surface area (Å²) in [5.41, 5.74) is 7.07. The van der Waals surface area contributed by atoms with E-state index in [1.165, 1.54) is 37.7 Å². The van der Waals surface area contributed by atoms with Crippen molar-refractivity contribution in [1.29, 1.82) is 0 Å². The fourth-order valence-electron chi connectivity index (χ4n) is 2.50. The molecule has 2 rings (SSSR count). The maximum Gasteiger partial charge on any atom is 0.133 e. The summed E-state index contributed by atoms with van der Waals surface area (Å²) in [6.07, 6.45) is 7.63. The second kappa shape index (κ2) is 6.58. The summed E-state index contributed by atoms with van der Waals surface area (Å²) in [4.78, 5) is 0. The molecule has 0 aromatic heterocycles. The van der Waals surface area contributed by atoms with Crippen molar-refractivity contribution in [3.63, 3.8) is 0 Å². The van der Waals surface area contributed by atoms with Crippen molar-refractivity contribution in [2.24, 2.45) is 5.73 Å². The zero-order valence-electron chi connectivity index (χ0n) is 11.0. The molecule has 1 unspecified atom stereocenters. The van der Waals surface area contributed by atoms with Gasteiger partial charge in [-0.1, -0.05) is 12.5 Å². The lowest BCUT2D eigenvalue weighted by atomic mass is 9.98. The van der Waals surface area contributed by atoms with Gasteiger partial charge < -0.3 is 10.5 Å². The third-order valence-electron chi connectivity index (χ3n) is 3.40. The van der Waals surface area contributed by atoms with E-state index < -0.39 is 0 Å². The van der Waals surface area contributed by atoms with Crippen LogP contribution in [-0.4, -0.2) is 12.1 Å². The average molecular weight is 312 g/mol. The van der Waals surface area contributed by atoms with Crippen LogP contribution >= 0.6 is 15.9 Å². The Balaban J connectivity index is 2.00. The summed E-state index contributed by atoms with van der Waals surface area (Å²) in [5, 5.41) is 0. The lowest BCUT2D eigenvalue weighted by molar-refractivity contribution is 0.154. The molecule has 0 amide bonds. The second-order valence-corrected chi connectivity index (χ2v) is 6.18. The second-order valence-electron chi connectivity index (χ2n) is 5.32. The van der Waals surface area contributed by atoms with Gasteiger partial charge in [-0.2, -0.15) is 0 Å². The van der Waals surface area contributed by atoms with Gasteiger partial charge in [-0.25, -0.2) is 0 Å². The van der Waals surface area contributed by atoms with Crippen LogP contribution < -0.4 is 10.5 Å². The third kappa shape index (κ3) is 3.99. The fourth-order valence-corrected chi connectivity index (χ4v) is 3.02. The van der Waals surface area contributed by atoms with E-state index in [4.69, 9.17) is 10.5 Å². The summed E-state index contributed by atoms with van der Waals surface area (Å²) < 4.78 is 7.12. The maximum atomic E-state index is 6.07. The van der Waals surface area contributed by atoms with Crippen LogP contribution in [0.3, 0.4) is 0 Å². The van der Waals surface area contributed by atoms with Gasteiger partial charge >= 0.3 is 0 Å². The van der Waals surface area contributed by atoms with E-state index >= 15 is 0 Å². The first-order chi connectivity index (χ1) is 8.65. The predicted octanol–water partition coefficient (Wildman–Crippen LogP) is 4.05. The normalized spacial score (nSPS) is 18.6. The van der Waals surface area contributed by atoms with Crippen molar-refractivity contribution in [2.75, 3.05) is 0 Å². The predicted molar refractivity (Wildman–Crippen MR) is 79.0 cm³/mol. The van der Waals surface area contributed by atoms with Crippen LogP contribution in [0, 0.1) is 0 Å². The number of rotatable bonds is 4. The summed E-state index contributed by atoms with van der Waals surface area (Å²) in [7, 11) is 0. The van der Waals surface area contributed by atoms with Gasteiger partial charge in [0.25, 0.3) is 0 Å². The van der Waals surface area contributed by atoms with E-state index in [-0.39, 0.29) is 6.04 Å². The van der Waals surface area contributed by atoms with Gasteiger partial charge in [0.15, 0.2) is 0 Å². The number of ether oxygens (including phenoxy) is 1. The molecular formula is C15H22BrNO. The Morgan fingerprint density at radius 3 is 2.67 bits per heavy atom.